The Morgan fingerprint density at radius 1 is 1.00 bits per heavy atom. The molecule has 0 saturated carbocycles. The van der Waals surface area contributed by atoms with E-state index in [2.05, 4.69) is 59.8 Å². The molecule has 0 aliphatic heterocycles. The van der Waals surface area contributed by atoms with Crippen LogP contribution >= 0.6 is 0 Å². The highest BCUT2D eigenvalue weighted by molar-refractivity contribution is 5.47. The van der Waals surface area contributed by atoms with Crippen LogP contribution in [-0.2, 0) is 5.41 Å². The lowest BCUT2D eigenvalue weighted by atomic mass is 9.75. The Morgan fingerprint density at radius 3 is 1.94 bits per heavy atom. The van der Waals surface area contributed by atoms with Crippen molar-refractivity contribution in [2.75, 3.05) is 13.1 Å². The Kier molecular flexibility index (Phi) is 4.98. The average Bonchev–Trinajstić information content (AvgIpc) is 2.26. The molecule has 1 rings (SSSR count). The van der Waals surface area contributed by atoms with Gasteiger partial charge >= 0.3 is 0 Å². The number of aryl methyl sites for hydroxylation is 2. The summed E-state index contributed by atoms with van der Waals surface area (Å²) in [6, 6.07) is 2.31. The van der Waals surface area contributed by atoms with Gasteiger partial charge in [0.25, 0.3) is 0 Å². The van der Waals surface area contributed by atoms with Crippen molar-refractivity contribution in [1.29, 1.82) is 0 Å². The van der Waals surface area contributed by atoms with Gasteiger partial charge in [0.05, 0.1) is 0 Å². The van der Waals surface area contributed by atoms with E-state index in [1.54, 1.807) is 5.56 Å². The summed E-state index contributed by atoms with van der Waals surface area (Å²) in [5.74, 6) is 0. The van der Waals surface area contributed by atoms with Crippen LogP contribution in [0.5, 0.6) is 0 Å². The van der Waals surface area contributed by atoms with Crippen LogP contribution in [0.25, 0.3) is 0 Å². The van der Waals surface area contributed by atoms with Crippen LogP contribution in [-0.4, -0.2) is 13.1 Å². The van der Waals surface area contributed by atoms with E-state index in [9.17, 15) is 0 Å². The maximum absolute atomic E-state index is 3.44. The van der Waals surface area contributed by atoms with Gasteiger partial charge in [-0.15, -0.1) is 0 Å². The first-order valence-corrected chi connectivity index (χ1v) is 7.10. The van der Waals surface area contributed by atoms with Gasteiger partial charge < -0.3 is 5.32 Å². The van der Waals surface area contributed by atoms with Crippen LogP contribution in [0.4, 0.5) is 0 Å². The Labute approximate surface area is 113 Å². The van der Waals surface area contributed by atoms with E-state index in [1.807, 2.05) is 0 Å². The molecule has 0 heterocycles. The number of hydrogen-bond donors (Lipinski definition) is 1. The molecule has 0 saturated heterocycles. The van der Waals surface area contributed by atoms with Gasteiger partial charge in [-0.1, -0.05) is 26.8 Å². The van der Waals surface area contributed by atoms with Crippen molar-refractivity contribution >= 4 is 0 Å². The molecular weight excluding hydrogens is 218 g/mol. The molecule has 0 spiro atoms. The number of benzene rings is 1. The van der Waals surface area contributed by atoms with Crippen molar-refractivity contribution in [3.63, 3.8) is 0 Å². The van der Waals surface area contributed by atoms with Crippen LogP contribution in [0.2, 0.25) is 0 Å². The molecule has 0 fully saturated rings. The molecule has 0 aliphatic carbocycles. The number of rotatable bonds is 5. The second kappa shape index (κ2) is 5.88. The first-order valence-electron chi connectivity index (χ1n) is 7.10. The van der Waals surface area contributed by atoms with E-state index in [1.165, 1.54) is 28.7 Å². The highest BCUT2D eigenvalue weighted by atomic mass is 14.8. The van der Waals surface area contributed by atoms with Crippen molar-refractivity contribution < 1.29 is 0 Å². The Morgan fingerprint density at radius 2 is 1.50 bits per heavy atom. The van der Waals surface area contributed by atoms with Gasteiger partial charge in [0.15, 0.2) is 0 Å². The molecule has 0 unspecified atom stereocenters. The zero-order chi connectivity index (χ0) is 13.9. The van der Waals surface area contributed by atoms with Crippen molar-refractivity contribution in [2.45, 2.75) is 60.3 Å². The fourth-order valence-electron chi connectivity index (χ4n) is 2.93. The Balaban J connectivity index is 3.14. The summed E-state index contributed by atoms with van der Waals surface area (Å²) in [7, 11) is 0. The van der Waals surface area contributed by atoms with Gasteiger partial charge in [0.1, 0.15) is 0 Å². The predicted molar refractivity (Wildman–Crippen MR) is 81.6 cm³/mol. The van der Waals surface area contributed by atoms with Gasteiger partial charge in [-0.3, -0.25) is 0 Å². The third kappa shape index (κ3) is 3.14. The normalized spacial score (nSPS) is 11.9. The van der Waals surface area contributed by atoms with Gasteiger partial charge in [-0.25, -0.2) is 0 Å². The van der Waals surface area contributed by atoms with E-state index in [-0.39, 0.29) is 5.41 Å². The monoisotopic (exact) mass is 247 g/mol. The summed E-state index contributed by atoms with van der Waals surface area (Å²) in [6.45, 7) is 18.1. The third-order valence-electron chi connectivity index (χ3n) is 4.22. The van der Waals surface area contributed by atoms with Gasteiger partial charge in [0.2, 0.25) is 0 Å². The van der Waals surface area contributed by atoms with Crippen LogP contribution in [0.15, 0.2) is 6.07 Å². The lowest BCUT2D eigenvalue weighted by molar-refractivity contribution is 0.456. The van der Waals surface area contributed by atoms with Crippen LogP contribution < -0.4 is 5.32 Å². The summed E-state index contributed by atoms with van der Waals surface area (Å²) in [6.07, 6.45) is 1.19. The topological polar surface area (TPSA) is 12.0 Å². The molecule has 1 aromatic carbocycles. The van der Waals surface area contributed by atoms with E-state index >= 15 is 0 Å². The van der Waals surface area contributed by atoms with Crippen LogP contribution in [0.1, 0.15) is 55.0 Å². The molecule has 0 bridgehead atoms. The van der Waals surface area contributed by atoms with Crippen molar-refractivity contribution in [3.05, 3.63) is 33.9 Å². The maximum Gasteiger partial charge on any atom is -0.00407 e. The van der Waals surface area contributed by atoms with Crippen LogP contribution in [0, 0.1) is 27.7 Å². The zero-order valence-electron chi connectivity index (χ0n) is 13.2. The third-order valence-corrected chi connectivity index (χ3v) is 4.22. The molecule has 0 amide bonds. The van der Waals surface area contributed by atoms with Gasteiger partial charge in [-0.05, 0) is 80.4 Å². The average molecular weight is 247 g/mol. The molecule has 0 atom stereocenters. The first-order chi connectivity index (χ1) is 8.31. The fourth-order valence-corrected chi connectivity index (χ4v) is 2.93. The van der Waals surface area contributed by atoms with E-state index in [0.29, 0.717) is 0 Å². The summed E-state index contributed by atoms with van der Waals surface area (Å²) >= 11 is 0. The highest BCUT2D eigenvalue weighted by Gasteiger charge is 2.25. The van der Waals surface area contributed by atoms with E-state index in [0.717, 1.165) is 13.1 Å². The van der Waals surface area contributed by atoms with Gasteiger partial charge in [-0.2, -0.15) is 0 Å². The standard InChI is InChI=1S/C17H29N/c1-8-18-10-9-17(6,7)16-14(4)12(2)11-13(3)15(16)5/h11,18H,8-10H2,1-7H3. The highest BCUT2D eigenvalue weighted by Crippen LogP contribution is 2.35. The summed E-state index contributed by atoms with van der Waals surface area (Å²) < 4.78 is 0. The molecule has 0 aliphatic rings. The fraction of sp³-hybridized carbons (Fsp3) is 0.647. The molecule has 1 nitrogen and oxygen atoms in total. The molecule has 1 N–H and O–H groups in total. The number of hydrogen-bond acceptors (Lipinski definition) is 1. The SMILES string of the molecule is CCNCCC(C)(C)c1c(C)c(C)cc(C)c1C. The number of nitrogens with one attached hydrogen (secondary N) is 1. The molecule has 18 heavy (non-hydrogen) atoms. The second-order valence-electron chi connectivity index (χ2n) is 6.12. The second-order valence-corrected chi connectivity index (χ2v) is 6.12. The summed E-state index contributed by atoms with van der Waals surface area (Å²) in [4.78, 5) is 0. The smallest absolute Gasteiger partial charge is 0.00407 e. The van der Waals surface area contributed by atoms with E-state index < -0.39 is 0 Å². The van der Waals surface area contributed by atoms with Crippen molar-refractivity contribution in [2.24, 2.45) is 0 Å². The minimum Gasteiger partial charge on any atom is -0.317 e. The van der Waals surface area contributed by atoms with E-state index in [4.69, 9.17) is 0 Å². The molecule has 1 heteroatoms. The molecule has 0 aromatic heterocycles. The van der Waals surface area contributed by atoms with Gasteiger partial charge in [0, 0.05) is 0 Å². The minimum absolute atomic E-state index is 0.243. The quantitative estimate of drug-likeness (QED) is 0.769. The lowest BCUT2D eigenvalue weighted by Crippen LogP contribution is -2.27. The largest absolute Gasteiger partial charge is 0.317 e. The lowest BCUT2D eigenvalue weighted by Gasteiger charge is -2.31. The Hall–Kier alpha value is -0.820. The first kappa shape index (κ1) is 15.2. The van der Waals surface area contributed by atoms with Crippen molar-refractivity contribution in [1.82, 2.24) is 5.32 Å². The van der Waals surface area contributed by atoms with Crippen molar-refractivity contribution in [3.8, 4) is 0 Å². The molecule has 102 valence electrons. The summed E-state index contributed by atoms with van der Waals surface area (Å²) in [5.41, 5.74) is 7.58. The van der Waals surface area contributed by atoms with Crippen LogP contribution in [0.3, 0.4) is 0 Å². The molecular formula is C17H29N. The molecule has 0 radical (unpaired) electrons. The zero-order valence-corrected chi connectivity index (χ0v) is 13.2. The summed E-state index contributed by atoms with van der Waals surface area (Å²) in [5, 5.41) is 3.44. The maximum atomic E-state index is 3.44. The minimum atomic E-state index is 0.243. The predicted octanol–water partition coefficient (Wildman–Crippen LogP) is 4.20. The Bertz CT molecular complexity index is 390. The molecule has 1 aromatic rings.